The van der Waals surface area contributed by atoms with E-state index in [1.54, 1.807) is 0 Å². The summed E-state index contributed by atoms with van der Waals surface area (Å²) in [6.45, 7) is 8.66. The molecule has 4 aliphatic carbocycles. The molecule has 0 aromatic carbocycles. The largest absolute Gasteiger partial charge is 0.393 e. The van der Waals surface area contributed by atoms with Crippen LogP contribution in [0.5, 0.6) is 0 Å². The molecule has 1 heterocycles. The minimum Gasteiger partial charge on any atom is -0.393 e. The Labute approximate surface area is 157 Å². The van der Waals surface area contributed by atoms with Gasteiger partial charge in [0, 0.05) is 23.7 Å². The second kappa shape index (κ2) is 5.33. The third kappa shape index (κ3) is 2.15. The predicted octanol–water partition coefficient (Wildman–Crippen LogP) is 3.70. The van der Waals surface area contributed by atoms with E-state index < -0.39 is 5.79 Å². The first kappa shape index (κ1) is 17.6. The average Bonchev–Trinajstić information content (AvgIpc) is 2.78. The highest BCUT2D eigenvalue weighted by atomic mass is 16.7. The second-order valence-electron chi connectivity index (χ2n) is 10.8. The number of carbonyl (C=O) groups is 1. The Hall–Kier alpha value is -0.450. The second-order valence-corrected chi connectivity index (χ2v) is 10.8. The molecule has 1 aliphatic heterocycles. The van der Waals surface area contributed by atoms with Crippen LogP contribution in [0.2, 0.25) is 0 Å². The van der Waals surface area contributed by atoms with Crippen LogP contribution >= 0.6 is 0 Å². The zero-order chi connectivity index (χ0) is 18.5. The van der Waals surface area contributed by atoms with E-state index in [-0.39, 0.29) is 29.1 Å². The minimum absolute atomic E-state index is 0.0468. The van der Waals surface area contributed by atoms with Crippen molar-refractivity contribution in [3.05, 3.63) is 0 Å². The highest BCUT2D eigenvalue weighted by molar-refractivity contribution is 5.87. The van der Waals surface area contributed by atoms with Gasteiger partial charge in [0.15, 0.2) is 5.79 Å². The van der Waals surface area contributed by atoms with Gasteiger partial charge in [-0.2, -0.15) is 0 Å². The lowest BCUT2D eigenvalue weighted by molar-refractivity contribution is -0.261. The molecule has 0 spiro atoms. The van der Waals surface area contributed by atoms with Crippen molar-refractivity contribution < 1.29 is 19.4 Å². The van der Waals surface area contributed by atoms with Crippen molar-refractivity contribution in [1.82, 2.24) is 0 Å². The molecule has 1 N–H and O–H groups in total. The van der Waals surface area contributed by atoms with Gasteiger partial charge < -0.3 is 14.6 Å². The van der Waals surface area contributed by atoms with Crippen molar-refractivity contribution in [2.75, 3.05) is 0 Å². The molecule has 0 radical (unpaired) electrons. The molecular weight excluding hydrogens is 328 g/mol. The summed E-state index contributed by atoms with van der Waals surface area (Å²) in [5.41, 5.74) is -0.160. The monoisotopic (exact) mass is 362 g/mol. The maximum atomic E-state index is 12.8. The smallest absolute Gasteiger partial charge is 0.163 e. The molecular formula is C22H34O4. The van der Waals surface area contributed by atoms with Crippen molar-refractivity contribution in [2.45, 2.75) is 96.7 Å². The third-order valence-corrected chi connectivity index (χ3v) is 9.19. The minimum atomic E-state index is -0.660. The molecule has 4 nitrogen and oxygen atoms in total. The van der Waals surface area contributed by atoms with Crippen LogP contribution in [0.15, 0.2) is 0 Å². The molecule has 0 aromatic rings. The van der Waals surface area contributed by atoms with E-state index in [1.807, 2.05) is 13.8 Å². The van der Waals surface area contributed by atoms with Crippen LogP contribution in [-0.4, -0.2) is 35.0 Å². The Morgan fingerprint density at radius 3 is 2.58 bits per heavy atom. The van der Waals surface area contributed by atoms with Gasteiger partial charge in [0.25, 0.3) is 0 Å². The van der Waals surface area contributed by atoms with E-state index in [0.29, 0.717) is 29.5 Å². The number of rotatable bonds is 0. The van der Waals surface area contributed by atoms with Gasteiger partial charge in [-0.3, -0.25) is 4.79 Å². The lowest BCUT2D eigenvalue weighted by Crippen LogP contribution is -2.62. The third-order valence-electron chi connectivity index (χ3n) is 9.19. The number of ketones is 1. The van der Waals surface area contributed by atoms with Crippen LogP contribution in [0, 0.1) is 34.5 Å². The Morgan fingerprint density at radius 1 is 1.04 bits per heavy atom. The van der Waals surface area contributed by atoms with Gasteiger partial charge in [0.1, 0.15) is 5.78 Å². The Balaban J connectivity index is 1.63. The molecule has 5 aliphatic rings. The van der Waals surface area contributed by atoms with E-state index in [2.05, 4.69) is 13.8 Å². The van der Waals surface area contributed by atoms with E-state index in [0.717, 1.165) is 38.5 Å². The summed E-state index contributed by atoms with van der Waals surface area (Å²) in [6, 6.07) is 0. The van der Waals surface area contributed by atoms with Gasteiger partial charge in [0.2, 0.25) is 0 Å². The first-order valence-corrected chi connectivity index (χ1v) is 10.7. The highest BCUT2D eigenvalue weighted by Gasteiger charge is 2.68. The van der Waals surface area contributed by atoms with Crippen LogP contribution in [-0.2, 0) is 14.3 Å². The number of hydrogen-bond acceptors (Lipinski definition) is 4. The van der Waals surface area contributed by atoms with E-state index in [9.17, 15) is 9.90 Å². The lowest BCUT2D eigenvalue weighted by Gasteiger charge is -2.62. The van der Waals surface area contributed by atoms with Crippen molar-refractivity contribution in [1.29, 1.82) is 0 Å². The highest BCUT2D eigenvalue weighted by Crippen LogP contribution is 2.67. The SMILES string of the molecule is CC1(C)O[C@H]2C[C@@H](O)C[C@@H]3CC[C@@H]4[C@H]([C@@H](C[C@]5(C)C(=O)CC[C@@H]45)O1)[C@]32C. The summed E-state index contributed by atoms with van der Waals surface area (Å²) in [5, 5.41) is 10.5. The Kier molecular flexibility index (Phi) is 3.61. The molecule has 0 bridgehead atoms. The summed E-state index contributed by atoms with van der Waals surface area (Å²) in [5.74, 6) is 1.80. The summed E-state index contributed by atoms with van der Waals surface area (Å²) in [7, 11) is 0. The van der Waals surface area contributed by atoms with Gasteiger partial charge in [-0.15, -0.1) is 0 Å². The number of Topliss-reactive ketones (excluding diaryl/α,β-unsaturated/α-hetero) is 1. The Morgan fingerprint density at radius 2 is 1.81 bits per heavy atom. The van der Waals surface area contributed by atoms with Crippen molar-refractivity contribution in [3.63, 3.8) is 0 Å². The normalized spacial score (nSPS) is 57.9. The van der Waals surface area contributed by atoms with Crippen molar-refractivity contribution in [2.24, 2.45) is 34.5 Å². The maximum Gasteiger partial charge on any atom is 0.163 e. The van der Waals surface area contributed by atoms with Crippen LogP contribution in [0.1, 0.15) is 72.6 Å². The zero-order valence-corrected chi connectivity index (χ0v) is 16.7. The van der Waals surface area contributed by atoms with Crippen LogP contribution < -0.4 is 0 Å². The van der Waals surface area contributed by atoms with Gasteiger partial charge in [-0.25, -0.2) is 0 Å². The number of aliphatic hydroxyl groups is 1. The molecule has 5 rings (SSSR count). The molecule has 1 saturated heterocycles. The molecule has 26 heavy (non-hydrogen) atoms. The fourth-order valence-electron chi connectivity index (χ4n) is 8.14. The van der Waals surface area contributed by atoms with Gasteiger partial charge in [-0.1, -0.05) is 13.8 Å². The van der Waals surface area contributed by atoms with E-state index in [4.69, 9.17) is 9.47 Å². The molecule has 146 valence electrons. The molecule has 4 saturated carbocycles. The van der Waals surface area contributed by atoms with E-state index >= 15 is 0 Å². The van der Waals surface area contributed by atoms with Crippen LogP contribution in [0.25, 0.3) is 0 Å². The summed E-state index contributed by atoms with van der Waals surface area (Å²) in [4.78, 5) is 12.8. The topological polar surface area (TPSA) is 55.8 Å². The molecule has 0 aromatic heterocycles. The van der Waals surface area contributed by atoms with Gasteiger partial charge >= 0.3 is 0 Å². The number of hydrogen-bond donors (Lipinski definition) is 1. The maximum absolute atomic E-state index is 12.8. The summed E-state index contributed by atoms with van der Waals surface area (Å²) in [6.07, 6.45) is 6.48. The molecule has 0 amide bonds. The number of fused-ring (bicyclic) bond motifs is 2. The molecule has 4 heteroatoms. The fraction of sp³-hybridized carbons (Fsp3) is 0.955. The first-order valence-electron chi connectivity index (χ1n) is 10.7. The zero-order valence-electron chi connectivity index (χ0n) is 16.7. The van der Waals surface area contributed by atoms with Crippen molar-refractivity contribution >= 4 is 5.78 Å². The number of ether oxygens (including phenoxy) is 2. The lowest BCUT2D eigenvalue weighted by atomic mass is 9.43. The summed E-state index contributed by atoms with van der Waals surface area (Å²) >= 11 is 0. The quantitative estimate of drug-likeness (QED) is 0.714. The van der Waals surface area contributed by atoms with Crippen LogP contribution in [0.4, 0.5) is 0 Å². The fourth-order valence-corrected chi connectivity index (χ4v) is 8.14. The predicted molar refractivity (Wildman–Crippen MR) is 97.3 cm³/mol. The van der Waals surface area contributed by atoms with Crippen molar-refractivity contribution in [3.8, 4) is 0 Å². The van der Waals surface area contributed by atoms with Gasteiger partial charge in [-0.05, 0) is 69.6 Å². The number of aliphatic hydroxyl groups excluding tert-OH is 1. The van der Waals surface area contributed by atoms with E-state index in [1.165, 1.54) is 6.42 Å². The molecule has 9 atom stereocenters. The first-order chi connectivity index (χ1) is 12.1. The summed E-state index contributed by atoms with van der Waals surface area (Å²) < 4.78 is 13.1. The standard InChI is InChI=1S/C22H34O4/c1-20(2)25-16-11-21(3)15(7-8-17(21)24)14-6-5-12-9-13(23)10-18(26-20)22(12,4)19(14)16/h12-16,18-19,23H,5-11H2,1-4H3/t12-,13-,14-,15-,16+,18-,19+,21-,22+/m0/s1. The number of carbonyl (C=O) groups excluding carboxylic acids is 1. The molecule has 5 fully saturated rings. The molecule has 0 unspecified atom stereocenters. The average molecular weight is 363 g/mol. The Bertz CT molecular complexity index is 630. The van der Waals surface area contributed by atoms with Gasteiger partial charge in [0.05, 0.1) is 18.3 Å². The van der Waals surface area contributed by atoms with Crippen LogP contribution in [0.3, 0.4) is 0 Å².